The molecule has 0 saturated heterocycles. The molecule has 128 valence electrons. The molecule has 1 amide bonds. The number of aryl methyl sites for hydroxylation is 1. The molecule has 0 fully saturated rings. The molecule has 1 aromatic heterocycles. The van der Waals surface area contributed by atoms with Gasteiger partial charge in [0.15, 0.2) is 0 Å². The number of hydrogen-bond donors (Lipinski definition) is 1. The molecular weight excluding hydrogens is 343 g/mol. The third-order valence-corrected chi connectivity index (χ3v) is 4.02. The summed E-state index contributed by atoms with van der Waals surface area (Å²) in [7, 11) is 0. The van der Waals surface area contributed by atoms with Crippen molar-refractivity contribution in [2.45, 2.75) is 13.3 Å². The molecule has 0 spiro atoms. The van der Waals surface area contributed by atoms with Gasteiger partial charge in [0.2, 0.25) is 5.91 Å². The summed E-state index contributed by atoms with van der Waals surface area (Å²) in [5.41, 5.74) is 2.61. The molecule has 3 rings (SSSR count). The Morgan fingerprint density at radius 2 is 2.12 bits per heavy atom. The average molecular weight is 359 g/mol. The summed E-state index contributed by atoms with van der Waals surface area (Å²) >= 11 is 5.88. The van der Waals surface area contributed by atoms with Gasteiger partial charge >= 0.3 is 0 Å². The van der Waals surface area contributed by atoms with E-state index < -0.39 is 5.82 Å². The Kier molecular flexibility index (Phi) is 5.14. The van der Waals surface area contributed by atoms with Gasteiger partial charge in [-0.2, -0.15) is 0 Å². The van der Waals surface area contributed by atoms with Crippen LogP contribution in [0.15, 0.2) is 48.7 Å². The first kappa shape index (κ1) is 17.2. The van der Waals surface area contributed by atoms with E-state index in [2.05, 4.69) is 10.3 Å². The number of aromatic nitrogens is 1. The maximum Gasteiger partial charge on any atom is 0.227 e. The zero-order valence-corrected chi connectivity index (χ0v) is 14.3. The van der Waals surface area contributed by atoms with E-state index >= 15 is 0 Å². The summed E-state index contributed by atoms with van der Waals surface area (Å²) in [5, 5.41) is 3.93. The lowest BCUT2D eigenvalue weighted by Gasteiger charge is -2.11. The van der Waals surface area contributed by atoms with Gasteiger partial charge in [-0.1, -0.05) is 17.7 Å². The minimum Gasteiger partial charge on any atom is -0.491 e. The highest BCUT2D eigenvalue weighted by Gasteiger charge is 2.09. The number of pyridine rings is 1. The lowest BCUT2D eigenvalue weighted by molar-refractivity contribution is -0.116. The Bertz CT molecular complexity index is 930. The van der Waals surface area contributed by atoms with Crippen molar-refractivity contribution in [3.63, 3.8) is 0 Å². The standard InChI is InChI=1S/C19H16ClFN2O2/c1-12-4-6-16(14-3-2-9-22-19(12)14)23-18(24)8-10-25-17-7-5-13(21)11-15(17)20/h2-7,9,11H,8,10H2,1H3,(H,23,24). The number of fused-ring (bicyclic) bond motifs is 1. The first-order valence-corrected chi connectivity index (χ1v) is 8.14. The van der Waals surface area contributed by atoms with Crippen molar-refractivity contribution in [1.82, 2.24) is 4.98 Å². The van der Waals surface area contributed by atoms with Crippen molar-refractivity contribution in [3.05, 3.63) is 65.1 Å². The third kappa shape index (κ3) is 4.06. The predicted molar refractivity (Wildman–Crippen MR) is 96.6 cm³/mol. The number of nitrogens with one attached hydrogen (secondary N) is 1. The van der Waals surface area contributed by atoms with E-state index in [4.69, 9.17) is 16.3 Å². The molecule has 1 heterocycles. The number of carbonyl (C=O) groups is 1. The van der Waals surface area contributed by atoms with Crippen LogP contribution in [-0.4, -0.2) is 17.5 Å². The number of nitrogens with zero attached hydrogens (tertiary/aromatic N) is 1. The lowest BCUT2D eigenvalue weighted by Crippen LogP contribution is -2.15. The van der Waals surface area contributed by atoms with E-state index in [1.807, 2.05) is 31.2 Å². The summed E-state index contributed by atoms with van der Waals surface area (Å²) in [6, 6.07) is 11.4. The smallest absolute Gasteiger partial charge is 0.227 e. The number of hydrogen-bond acceptors (Lipinski definition) is 3. The second-order valence-electron chi connectivity index (χ2n) is 5.55. The van der Waals surface area contributed by atoms with E-state index in [1.165, 1.54) is 18.2 Å². The van der Waals surface area contributed by atoms with Crippen molar-refractivity contribution >= 4 is 34.1 Å². The molecule has 0 radical (unpaired) electrons. The molecule has 0 unspecified atom stereocenters. The van der Waals surface area contributed by atoms with Gasteiger partial charge in [-0.15, -0.1) is 0 Å². The highest BCUT2D eigenvalue weighted by atomic mass is 35.5. The van der Waals surface area contributed by atoms with Crippen LogP contribution < -0.4 is 10.1 Å². The molecule has 3 aromatic rings. The minimum absolute atomic E-state index is 0.138. The second kappa shape index (κ2) is 7.49. The summed E-state index contributed by atoms with van der Waals surface area (Å²) in [6.07, 6.45) is 1.87. The highest BCUT2D eigenvalue weighted by Crippen LogP contribution is 2.26. The van der Waals surface area contributed by atoms with Gasteiger partial charge in [-0.05, 0) is 48.9 Å². The Morgan fingerprint density at radius 1 is 1.28 bits per heavy atom. The lowest BCUT2D eigenvalue weighted by atomic mass is 10.1. The monoisotopic (exact) mass is 358 g/mol. The van der Waals surface area contributed by atoms with Crippen LogP contribution in [0.25, 0.3) is 10.9 Å². The highest BCUT2D eigenvalue weighted by molar-refractivity contribution is 6.32. The third-order valence-electron chi connectivity index (χ3n) is 3.73. The van der Waals surface area contributed by atoms with Gasteiger partial charge in [0.1, 0.15) is 11.6 Å². The maximum atomic E-state index is 13.0. The van der Waals surface area contributed by atoms with Gasteiger partial charge in [0.05, 0.1) is 29.3 Å². The number of carbonyl (C=O) groups excluding carboxylic acids is 1. The topological polar surface area (TPSA) is 51.2 Å². The number of amides is 1. The molecule has 0 aliphatic heterocycles. The molecule has 2 aromatic carbocycles. The molecule has 0 aliphatic rings. The number of rotatable bonds is 5. The van der Waals surface area contributed by atoms with Crippen LogP contribution in [-0.2, 0) is 4.79 Å². The first-order valence-electron chi connectivity index (χ1n) is 7.76. The van der Waals surface area contributed by atoms with Crippen molar-refractivity contribution in [2.75, 3.05) is 11.9 Å². The molecule has 0 saturated carbocycles. The van der Waals surface area contributed by atoms with Crippen molar-refractivity contribution in [3.8, 4) is 5.75 Å². The van der Waals surface area contributed by atoms with Gasteiger partial charge in [-0.25, -0.2) is 4.39 Å². The zero-order valence-electron chi connectivity index (χ0n) is 13.6. The number of benzene rings is 2. The molecule has 25 heavy (non-hydrogen) atoms. The Balaban J connectivity index is 1.62. The largest absolute Gasteiger partial charge is 0.491 e. The van der Waals surface area contributed by atoms with E-state index in [9.17, 15) is 9.18 Å². The summed E-state index contributed by atoms with van der Waals surface area (Å²) < 4.78 is 18.4. The SMILES string of the molecule is Cc1ccc(NC(=O)CCOc2ccc(F)cc2Cl)c2cccnc12. The Morgan fingerprint density at radius 3 is 2.92 bits per heavy atom. The Hall–Kier alpha value is -2.66. The van der Waals surface area contributed by atoms with E-state index in [-0.39, 0.29) is 24.0 Å². The number of ether oxygens (including phenoxy) is 1. The van der Waals surface area contributed by atoms with Crippen LogP contribution in [0.5, 0.6) is 5.75 Å². The van der Waals surface area contributed by atoms with Gasteiger partial charge in [0.25, 0.3) is 0 Å². The molecule has 4 nitrogen and oxygen atoms in total. The molecular formula is C19H16ClFN2O2. The summed E-state index contributed by atoms with van der Waals surface area (Å²) in [6.45, 7) is 2.11. The van der Waals surface area contributed by atoms with E-state index in [0.717, 1.165) is 16.5 Å². The fraction of sp³-hybridized carbons (Fsp3) is 0.158. The molecule has 6 heteroatoms. The van der Waals surface area contributed by atoms with Gasteiger partial charge in [-0.3, -0.25) is 9.78 Å². The fourth-order valence-electron chi connectivity index (χ4n) is 2.48. The van der Waals surface area contributed by atoms with Gasteiger partial charge in [0, 0.05) is 11.6 Å². The van der Waals surface area contributed by atoms with Crippen LogP contribution in [0.3, 0.4) is 0 Å². The quantitative estimate of drug-likeness (QED) is 0.716. The first-order chi connectivity index (χ1) is 12.0. The minimum atomic E-state index is -0.435. The Labute approximate surface area is 149 Å². The van der Waals surface area contributed by atoms with Crippen LogP contribution in [0.4, 0.5) is 10.1 Å². The van der Waals surface area contributed by atoms with Crippen molar-refractivity contribution < 1.29 is 13.9 Å². The zero-order chi connectivity index (χ0) is 17.8. The number of halogens is 2. The van der Waals surface area contributed by atoms with Crippen LogP contribution in [0.2, 0.25) is 5.02 Å². The maximum absolute atomic E-state index is 13.0. The van der Waals surface area contributed by atoms with E-state index in [0.29, 0.717) is 11.4 Å². The van der Waals surface area contributed by atoms with Crippen LogP contribution in [0.1, 0.15) is 12.0 Å². The molecule has 0 aliphatic carbocycles. The summed E-state index contributed by atoms with van der Waals surface area (Å²) in [5.74, 6) is -0.275. The van der Waals surface area contributed by atoms with Crippen LogP contribution >= 0.6 is 11.6 Å². The molecule has 0 atom stereocenters. The average Bonchev–Trinajstić information content (AvgIpc) is 2.60. The van der Waals surface area contributed by atoms with E-state index in [1.54, 1.807) is 6.20 Å². The summed E-state index contributed by atoms with van der Waals surface area (Å²) in [4.78, 5) is 16.5. The normalized spacial score (nSPS) is 10.7. The fourth-order valence-corrected chi connectivity index (χ4v) is 2.70. The van der Waals surface area contributed by atoms with Crippen LogP contribution in [0, 0.1) is 12.7 Å². The second-order valence-corrected chi connectivity index (χ2v) is 5.96. The number of anilines is 1. The molecule has 0 bridgehead atoms. The van der Waals surface area contributed by atoms with Crippen molar-refractivity contribution in [1.29, 1.82) is 0 Å². The van der Waals surface area contributed by atoms with Gasteiger partial charge < -0.3 is 10.1 Å². The molecule has 1 N–H and O–H groups in total. The predicted octanol–water partition coefficient (Wildman–Crippen LogP) is 4.74. The van der Waals surface area contributed by atoms with Crippen molar-refractivity contribution in [2.24, 2.45) is 0 Å².